The van der Waals surface area contributed by atoms with Crippen molar-refractivity contribution in [3.8, 4) is 0 Å². The summed E-state index contributed by atoms with van der Waals surface area (Å²) in [6.07, 6.45) is 10.1. The Labute approximate surface area is 120 Å². The van der Waals surface area contributed by atoms with Gasteiger partial charge in [-0.1, -0.05) is 12.1 Å². The standard InChI is InChI=1S/C16H25N3O/c1-10-2-3-12(6-10)16-18-15(20-19-16)9-11-7-13-4-5-14(8-11)17-13/h10-14,17H,2-9H2,1H3. The molecule has 0 amide bonds. The van der Waals surface area contributed by atoms with Crippen molar-refractivity contribution in [1.29, 1.82) is 0 Å². The maximum absolute atomic E-state index is 5.52. The maximum Gasteiger partial charge on any atom is 0.226 e. The van der Waals surface area contributed by atoms with Crippen molar-refractivity contribution in [1.82, 2.24) is 15.5 Å². The van der Waals surface area contributed by atoms with Crippen molar-refractivity contribution >= 4 is 0 Å². The van der Waals surface area contributed by atoms with E-state index >= 15 is 0 Å². The molecule has 4 rings (SSSR count). The first kappa shape index (κ1) is 12.8. The number of fused-ring (bicyclic) bond motifs is 2. The molecule has 3 fully saturated rings. The second kappa shape index (κ2) is 5.14. The van der Waals surface area contributed by atoms with Gasteiger partial charge in [-0.15, -0.1) is 0 Å². The van der Waals surface area contributed by atoms with Gasteiger partial charge in [0, 0.05) is 24.4 Å². The molecular weight excluding hydrogens is 250 g/mol. The molecule has 1 aliphatic carbocycles. The fourth-order valence-electron chi connectivity index (χ4n) is 4.55. The molecule has 1 N–H and O–H groups in total. The molecule has 3 aliphatic rings. The zero-order chi connectivity index (χ0) is 13.5. The van der Waals surface area contributed by atoms with Gasteiger partial charge in [0.05, 0.1) is 0 Å². The Morgan fingerprint density at radius 1 is 1.10 bits per heavy atom. The predicted octanol–water partition coefficient (Wildman–Crippen LogP) is 3.05. The highest BCUT2D eigenvalue weighted by atomic mass is 16.5. The lowest BCUT2D eigenvalue weighted by molar-refractivity contribution is 0.270. The number of hydrogen-bond acceptors (Lipinski definition) is 4. The number of nitrogens with zero attached hydrogens (tertiary/aromatic N) is 2. The summed E-state index contributed by atoms with van der Waals surface area (Å²) in [4.78, 5) is 4.69. The van der Waals surface area contributed by atoms with Crippen molar-refractivity contribution in [3.05, 3.63) is 11.7 Å². The lowest BCUT2D eigenvalue weighted by Crippen LogP contribution is -2.38. The molecule has 0 aromatic carbocycles. The molecule has 1 saturated carbocycles. The molecule has 2 bridgehead atoms. The summed E-state index contributed by atoms with van der Waals surface area (Å²) in [5.41, 5.74) is 0. The van der Waals surface area contributed by atoms with Crippen LogP contribution < -0.4 is 5.32 Å². The highest BCUT2D eigenvalue weighted by Gasteiger charge is 2.34. The zero-order valence-corrected chi connectivity index (χ0v) is 12.3. The average molecular weight is 275 g/mol. The van der Waals surface area contributed by atoms with E-state index in [1.165, 1.54) is 44.9 Å². The van der Waals surface area contributed by atoms with Crippen molar-refractivity contribution in [3.63, 3.8) is 0 Å². The average Bonchev–Trinajstić information content (AvgIpc) is 3.11. The molecule has 20 heavy (non-hydrogen) atoms. The van der Waals surface area contributed by atoms with Crippen LogP contribution >= 0.6 is 0 Å². The van der Waals surface area contributed by atoms with E-state index in [0.717, 1.165) is 42.1 Å². The van der Waals surface area contributed by atoms with Gasteiger partial charge in [0.25, 0.3) is 0 Å². The van der Waals surface area contributed by atoms with Crippen molar-refractivity contribution in [2.75, 3.05) is 0 Å². The van der Waals surface area contributed by atoms with Gasteiger partial charge >= 0.3 is 0 Å². The first-order valence-electron chi connectivity index (χ1n) is 8.35. The second-order valence-electron chi connectivity index (χ2n) is 7.34. The van der Waals surface area contributed by atoms with E-state index in [0.29, 0.717) is 5.92 Å². The Kier molecular flexibility index (Phi) is 3.29. The highest BCUT2D eigenvalue weighted by Crippen LogP contribution is 2.37. The van der Waals surface area contributed by atoms with Crippen LogP contribution in [-0.2, 0) is 6.42 Å². The van der Waals surface area contributed by atoms with E-state index in [4.69, 9.17) is 9.51 Å². The second-order valence-corrected chi connectivity index (χ2v) is 7.34. The monoisotopic (exact) mass is 275 g/mol. The third kappa shape index (κ3) is 2.50. The van der Waals surface area contributed by atoms with Crippen LogP contribution in [0.3, 0.4) is 0 Å². The van der Waals surface area contributed by atoms with Gasteiger partial charge in [0.1, 0.15) is 0 Å². The third-order valence-electron chi connectivity index (χ3n) is 5.58. The zero-order valence-electron chi connectivity index (χ0n) is 12.3. The Bertz CT molecular complexity index is 460. The highest BCUT2D eigenvalue weighted by molar-refractivity contribution is 5.01. The minimum absolute atomic E-state index is 0.548. The quantitative estimate of drug-likeness (QED) is 0.921. The smallest absolute Gasteiger partial charge is 0.226 e. The minimum Gasteiger partial charge on any atom is -0.339 e. The summed E-state index contributed by atoms with van der Waals surface area (Å²) in [6, 6.07) is 1.49. The largest absolute Gasteiger partial charge is 0.339 e. The molecule has 1 aromatic heterocycles. The fraction of sp³-hybridized carbons (Fsp3) is 0.875. The van der Waals surface area contributed by atoms with E-state index in [-0.39, 0.29) is 0 Å². The van der Waals surface area contributed by atoms with E-state index in [1.54, 1.807) is 0 Å². The van der Waals surface area contributed by atoms with Gasteiger partial charge < -0.3 is 9.84 Å². The van der Waals surface area contributed by atoms with Crippen molar-refractivity contribution in [2.24, 2.45) is 11.8 Å². The van der Waals surface area contributed by atoms with E-state index in [2.05, 4.69) is 17.4 Å². The molecule has 2 aliphatic heterocycles. The summed E-state index contributed by atoms with van der Waals surface area (Å²) in [7, 11) is 0. The molecule has 4 atom stereocenters. The van der Waals surface area contributed by atoms with Gasteiger partial charge in [-0.25, -0.2) is 0 Å². The summed E-state index contributed by atoms with van der Waals surface area (Å²) in [6.45, 7) is 2.33. The molecule has 3 heterocycles. The lowest BCUT2D eigenvalue weighted by Gasteiger charge is -2.28. The van der Waals surface area contributed by atoms with Crippen LogP contribution in [-0.4, -0.2) is 22.2 Å². The number of rotatable bonds is 3. The third-order valence-corrected chi connectivity index (χ3v) is 5.58. The fourth-order valence-corrected chi connectivity index (χ4v) is 4.55. The SMILES string of the molecule is CC1CCC(c2noc(CC3CC4CCC(C3)N4)n2)C1. The summed E-state index contributed by atoms with van der Waals surface area (Å²) < 4.78 is 5.52. The Hall–Kier alpha value is -0.900. The van der Waals surface area contributed by atoms with Gasteiger partial charge in [0.2, 0.25) is 5.89 Å². The van der Waals surface area contributed by atoms with Crippen LogP contribution in [0, 0.1) is 11.8 Å². The maximum atomic E-state index is 5.52. The number of aromatic nitrogens is 2. The molecule has 4 unspecified atom stereocenters. The van der Waals surface area contributed by atoms with Crippen LogP contribution in [0.15, 0.2) is 4.52 Å². The van der Waals surface area contributed by atoms with Crippen LogP contribution in [0.2, 0.25) is 0 Å². The van der Waals surface area contributed by atoms with Gasteiger partial charge in [-0.2, -0.15) is 4.98 Å². The van der Waals surface area contributed by atoms with E-state index in [9.17, 15) is 0 Å². The van der Waals surface area contributed by atoms with Crippen LogP contribution in [0.25, 0.3) is 0 Å². The number of hydrogen-bond donors (Lipinski definition) is 1. The molecule has 0 radical (unpaired) electrons. The molecule has 110 valence electrons. The van der Waals surface area contributed by atoms with Crippen molar-refractivity contribution < 1.29 is 4.52 Å². The molecule has 1 aromatic rings. The van der Waals surface area contributed by atoms with E-state index in [1.807, 2.05) is 0 Å². The molecule has 4 heteroatoms. The normalized spacial score (nSPS) is 40.4. The van der Waals surface area contributed by atoms with Crippen molar-refractivity contribution in [2.45, 2.75) is 76.3 Å². The van der Waals surface area contributed by atoms with Crippen LogP contribution in [0.5, 0.6) is 0 Å². The van der Waals surface area contributed by atoms with Gasteiger partial charge in [0.15, 0.2) is 5.82 Å². The minimum atomic E-state index is 0.548. The molecule has 2 saturated heterocycles. The summed E-state index contributed by atoms with van der Waals surface area (Å²) in [5, 5.41) is 7.94. The number of nitrogens with one attached hydrogen (secondary N) is 1. The topological polar surface area (TPSA) is 51.0 Å². The summed E-state index contributed by atoms with van der Waals surface area (Å²) in [5.74, 6) is 3.96. The van der Waals surface area contributed by atoms with E-state index < -0.39 is 0 Å². The first-order chi connectivity index (χ1) is 9.76. The Balaban J connectivity index is 1.38. The van der Waals surface area contributed by atoms with Crippen LogP contribution in [0.4, 0.5) is 0 Å². The molecule has 0 spiro atoms. The predicted molar refractivity (Wildman–Crippen MR) is 76.4 cm³/mol. The molecule has 4 nitrogen and oxygen atoms in total. The number of piperidine rings is 1. The Morgan fingerprint density at radius 2 is 1.90 bits per heavy atom. The summed E-state index contributed by atoms with van der Waals surface area (Å²) >= 11 is 0. The van der Waals surface area contributed by atoms with Gasteiger partial charge in [-0.05, 0) is 56.8 Å². The first-order valence-corrected chi connectivity index (χ1v) is 8.35. The lowest BCUT2D eigenvalue weighted by atomic mass is 9.90. The Morgan fingerprint density at radius 3 is 2.60 bits per heavy atom. The molecular formula is C16H25N3O. The van der Waals surface area contributed by atoms with Crippen LogP contribution in [0.1, 0.15) is 69.5 Å². The van der Waals surface area contributed by atoms with Gasteiger partial charge in [-0.3, -0.25) is 0 Å².